The topological polar surface area (TPSA) is 38.3 Å². The lowest BCUT2D eigenvalue weighted by Gasteiger charge is -2.34. The van der Waals surface area contributed by atoms with Gasteiger partial charge in [0.05, 0.1) is 0 Å². The molecule has 3 nitrogen and oxygen atoms in total. The van der Waals surface area contributed by atoms with Gasteiger partial charge < -0.3 is 10.1 Å². The molecule has 0 aromatic rings. The summed E-state index contributed by atoms with van der Waals surface area (Å²) in [4.78, 5) is 11.3. The SMILES string of the molecule is CCC(=O)N[C@](C)(CCOC)C(C)C. The Morgan fingerprint density at radius 1 is 1.50 bits per heavy atom. The molecule has 0 saturated heterocycles. The van der Waals surface area contributed by atoms with Crippen molar-refractivity contribution in [3.05, 3.63) is 0 Å². The summed E-state index contributed by atoms with van der Waals surface area (Å²) in [5.74, 6) is 0.519. The molecule has 0 aliphatic heterocycles. The molecule has 84 valence electrons. The quantitative estimate of drug-likeness (QED) is 0.713. The Kier molecular flexibility index (Phi) is 5.77. The normalized spacial score (nSPS) is 15.3. The molecule has 1 amide bonds. The zero-order valence-electron chi connectivity index (χ0n) is 10.0. The van der Waals surface area contributed by atoms with E-state index in [-0.39, 0.29) is 11.4 Å². The van der Waals surface area contributed by atoms with E-state index < -0.39 is 0 Å². The van der Waals surface area contributed by atoms with Gasteiger partial charge in [0.1, 0.15) is 0 Å². The average molecular weight is 201 g/mol. The van der Waals surface area contributed by atoms with Crippen LogP contribution in [0, 0.1) is 5.92 Å². The summed E-state index contributed by atoms with van der Waals surface area (Å²) >= 11 is 0. The van der Waals surface area contributed by atoms with Gasteiger partial charge in [-0.25, -0.2) is 0 Å². The van der Waals surface area contributed by atoms with Crippen molar-refractivity contribution in [2.75, 3.05) is 13.7 Å². The van der Waals surface area contributed by atoms with Gasteiger partial charge in [0, 0.05) is 25.7 Å². The molecule has 0 rings (SSSR count). The molecule has 0 aliphatic carbocycles. The molecule has 0 radical (unpaired) electrons. The lowest BCUT2D eigenvalue weighted by atomic mass is 9.85. The van der Waals surface area contributed by atoms with Gasteiger partial charge in [-0.15, -0.1) is 0 Å². The van der Waals surface area contributed by atoms with E-state index in [2.05, 4.69) is 26.1 Å². The van der Waals surface area contributed by atoms with E-state index in [1.807, 2.05) is 6.92 Å². The van der Waals surface area contributed by atoms with Crippen molar-refractivity contribution in [2.24, 2.45) is 5.92 Å². The molecule has 3 heteroatoms. The summed E-state index contributed by atoms with van der Waals surface area (Å²) in [7, 11) is 1.68. The van der Waals surface area contributed by atoms with Crippen LogP contribution in [0.3, 0.4) is 0 Å². The van der Waals surface area contributed by atoms with Crippen LogP contribution < -0.4 is 5.32 Å². The third-order valence-corrected chi connectivity index (χ3v) is 2.85. The summed E-state index contributed by atoms with van der Waals surface area (Å²) in [6.07, 6.45) is 1.39. The second-order valence-corrected chi connectivity index (χ2v) is 4.22. The fraction of sp³-hybridized carbons (Fsp3) is 0.909. The lowest BCUT2D eigenvalue weighted by molar-refractivity contribution is -0.123. The Morgan fingerprint density at radius 3 is 2.43 bits per heavy atom. The van der Waals surface area contributed by atoms with Crippen molar-refractivity contribution < 1.29 is 9.53 Å². The van der Waals surface area contributed by atoms with Crippen LogP contribution in [0.2, 0.25) is 0 Å². The molecule has 0 spiro atoms. The first-order valence-electron chi connectivity index (χ1n) is 5.26. The summed E-state index contributed by atoms with van der Waals surface area (Å²) in [6, 6.07) is 0. The summed E-state index contributed by atoms with van der Waals surface area (Å²) in [6.45, 7) is 8.85. The Bertz CT molecular complexity index is 180. The first-order valence-corrected chi connectivity index (χ1v) is 5.26. The van der Waals surface area contributed by atoms with E-state index in [0.717, 1.165) is 6.42 Å². The highest BCUT2D eigenvalue weighted by Crippen LogP contribution is 2.20. The Hall–Kier alpha value is -0.570. The standard InChI is InChI=1S/C11H23NO2/c1-6-10(13)12-11(4,9(2)3)7-8-14-5/h9H,6-8H2,1-5H3,(H,12,13)/t11-/m1/s1. The zero-order valence-corrected chi connectivity index (χ0v) is 10.0. The minimum Gasteiger partial charge on any atom is -0.385 e. The van der Waals surface area contributed by atoms with Gasteiger partial charge in [-0.1, -0.05) is 20.8 Å². The number of methoxy groups -OCH3 is 1. The van der Waals surface area contributed by atoms with Gasteiger partial charge in [0.15, 0.2) is 0 Å². The third-order valence-electron chi connectivity index (χ3n) is 2.85. The number of rotatable bonds is 6. The fourth-order valence-corrected chi connectivity index (χ4v) is 1.22. The van der Waals surface area contributed by atoms with Gasteiger partial charge in [0.2, 0.25) is 5.91 Å². The number of hydrogen-bond donors (Lipinski definition) is 1. The van der Waals surface area contributed by atoms with Crippen molar-refractivity contribution in [3.63, 3.8) is 0 Å². The molecule has 0 saturated carbocycles. The van der Waals surface area contributed by atoms with Crippen LogP contribution in [0.5, 0.6) is 0 Å². The number of nitrogens with one attached hydrogen (secondary N) is 1. The third kappa shape index (κ3) is 4.09. The zero-order chi connectivity index (χ0) is 11.2. The maximum atomic E-state index is 11.3. The molecule has 0 aliphatic rings. The van der Waals surface area contributed by atoms with E-state index >= 15 is 0 Å². The molecule has 0 bridgehead atoms. The van der Waals surface area contributed by atoms with E-state index in [1.165, 1.54) is 0 Å². The maximum Gasteiger partial charge on any atom is 0.220 e. The predicted octanol–water partition coefficient (Wildman–Crippen LogP) is 1.96. The van der Waals surface area contributed by atoms with Crippen molar-refractivity contribution in [1.29, 1.82) is 0 Å². The minimum atomic E-state index is -0.150. The highest BCUT2D eigenvalue weighted by molar-refractivity contribution is 5.76. The number of amides is 1. The fourth-order valence-electron chi connectivity index (χ4n) is 1.22. The lowest BCUT2D eigenvalue weighted by Crippen LogP contribution is -2.50. The van der Waals surface area contributed by atoms with Crippen molar-refractivity contribution >= 4 is 5.91 Å². The van der Waals surface area contributed by atoms with Gasteiger partial charge >= 0.3 is 0 Å². The first-order chi connectivity index (χ1) is 6.46. The van der Waals surface area contributed by atoms with Gasteiger partial charge in [-0.3, -0.25) is 4.79 Å². The predicted molar refractivity (Wildman–Crippen MR) is 58.2 cm³/mol. The molecular weight excluding hydrogens is 178 g/mol. The van der Waals surface area contributed by atoms with E-state index in [4.69, 9.17) is 4.74 Å². The van der Waals surface area contributed by atoms with Crippen molar-refractivity contribution in [2.45, 2.75) is 46.1 Å². The van der Waals surface area contributed by atoms with Crippen molar-refractivity contribution in [1.82, 2.24) is 5.32 Å². The van der Waals surface area contributed by atoms with Crippen LogP contribution in [-0.2, 0) is 9.53 Å². The second-order valence-electron chi connectivity index (χ2n) is 4.22. The highest BCUT2D eigenvalue weighted by atomic mass is 16.5. The monoisotopic (exact) mass is 201 g/mol. The van der Waals surface area contributed by atoms with Gasteiger partial charge in [0.25, 0.3) is 0 Å². The molecule has 0 unspecified atom stereocenters. The molecule has 0 aromatic carbocycles. The van der Waals surface area contributed by atoms with Crippen LogP contribution in [0.4, 0.5) is 0 Å². The smallest absolute Gasteiger partial charge is 0.220 e. The molecule has 0 fully saturated rings. The number of carbonyl (C=O) groups excluding carboxylic acids is 1. The largest absolute Gasteiger partial charge is 0.385 e. The van der Waals surface area contributed by atoms with Crippen LogP contribution in [0.1, 0.15) is 40.5 Å². The van der Waals surface area contributed by atoms with Crippen LogP contribution in [-0.4, -0.2) is 25.2 Å². The minimum absolute atomic E-state index is 0.109. The molecule has 1 atom stereocenters. The maximum absolute atomic E-state index is 11.3. The number of ether oxygens (including phenoxy) is 1. The Labute approximate surface area is 87.2 Å². The second kappa shape index (κ2) is 6.02. The first kappa shape index (κ1) is 13.4. The summed E-state index contributed by atoms with van der Waals surface area (Å²) in [5, 5.41) is 3.06. The molecule has 1 N–H and O–H groups in total. The Balaban J connectivity index is 4.31. The van der Waals surface area contributed by atoms with E-state index in [9.17, 15) is 4.79 Å². The molecule has 0 heterocycles. The van der Waals surface area contributed by atoms with Gasteiger partial charge in [-0.05, 0) is 19.3 Å². The molecular formula is C11H23NO2. The highest BCUT2D eigenvalue weighted by Gasteiger charge is 2.29. The van der Waals surface area contributed by atoms with Gasteiger partial charge in [-0.2, -0.15) is 0 Å². The van der Waals surface area contributed by atoms with Crippen LogP contribution in [0.25, 0.3) is 0 Å². The average Bonchev–Trinajstić information content (AvgIpc) is 2.14. The number of hydrogen-bond acceptors (Lipinski definition) is 2. The van der Waals surface area contributed by atoms with E-state index in [0.29, 0.717) is 18.9 Å². The van der Waals surface area contributed by atoms with Crippen molar-refractivity contribution in [3.8, 4) is 0 Å². The summed E-state index contributed by atoms with van der Waals surface area (Å²) in [5.41, 5.74) is -0.150. The van der Waals surface area contributed by atoms with E-state index in [1.54, 1.807) is 7.11 Å². The Morgan fingerprint density at radius 2 is 2.07 bits per heavy atom. The van der Waals surface area contributed by atoms with Crippen LogP contribution >= 0.6 is 0 Å². The number of carbonyl (C=O) groups is 1. The van der Waals surface area contributed by atoms with Crippen LogP contribution in [0.15, 0.2) is 0 Å². The molecule has 0 aromatic heterocycles. The molecule has 14 heavy (non-hydrogen) atoms. The summed E-state index contributed by atoms with van der Waals surface area (Å²) < 4.78 is 5.05.